The molecule has 1 aromatic carbocycles. The van der Waals surface area contributed by atoms with Crippen LogP contribution in [-0.4, -0.2) is 33.9 Å². The van der Waals surface area contributed by atoms with Crippen molar-refractivity contribution in [1.82, 2.24) is 15.0 Å². The third kappa shape index (κ3) is 3.58. The number of nitrogen functional groups attached to an aromatic ring is 1. The lowest BCUT2D eigenvalue weighted by Crippen LogP contribution is -2.45. The first-order valence-electron chi connectivity index (χ1n) is 10.7. The molecule has 1 saturated heterocycles. The molecule has 2 aliphatic rings. The Balaban J connectivity index is 1.45. The smallest absolute Gasteiger partial charge is 0.268 e. The van der Waals surface area contributed by atoms with E-state index in [0.717, 1.165) is 19.3 Å². The van der Waals surface area contributed by atoms with Crippen LogP contribution in [0.15, 0.2) is 36.7 Å². The molecule has 170 valence electrons. The number of primary amides is 1. The number of hydrogen-bond donors (Lipinski definition) is 3. The number of nitrogens with zero attached hydrogens (tertiary/aromatic N) is 4. The van der Waals surface area contributed by atoms with Crippen LogP contribution in [0.5, 0.6) is 0 Å². The van der Waals surface area contributed by atoms with E-state index in [1.54, 1.807) is 24.4 Å². The fourth-order valence-electron chi connectivity index (χ4n) is 5.10. The molecule has 0 saturated carbocycles. The number of hydrogen-bond acceptors (Lipinski definition) is 7. The Kier molecular flexibility index (Phi) is 5.39. The maximum atomic E-state index is 12.3. The maximum absolute atomic E-state index is 12.3. The quantitative estimate of drug-likeness (QED) is 0.518. The van der Waals surface area contributed by atoms with E-state index in [1.165, 1.54) is 11.1 Å². The molecule has 1 amide bonds. The van der Waals surface area contributed by atoms with Crippen molar-refractivity contribution < 1.29 is 4.79 Å². The number of carbonyl (C=O) groups excluding carboxylic acids is 1. The number of aromatic nitrogens is 3. The Morgan fingerprint density at radius 1 is 1.15 bits per heavy atom. The molecule has 1 aliphatic carbocycles. The predicted octanol–water partition coefficient (Wildman–Crippen LogP) is 3.37. The van der Waals surface area contributed by atoms with Crippen LogP contribution < -0.4 is 22.1 Å². The normalized spacial score (nSPS) is 19.0. The summed E-state index contributed by atoms with van der Waals surface area (Å²) in [6.45, 7) is 1.37. The molecule has 0 radical (unpaired) electrons. The summed E-state index contributed by atoms with van der Waals surface area (Å²) in [6, 6.07) is 7.05. The Hall–Kier alpha value is -2.94. The van der Waals surface area contributed by atoms with Crippen LogP contribution in [0, 0.1) is 5.41 Å². The molecule has 2 aromatic heterocycles. The van der Waals surface area contributed by atoms with Crippen LogP contribution in [0.25, 0.3) is 11.1 Å². The number of nitrogens with two attached hydrogens (primary N) is 3. The zero-order valence-electron chi connectivity index (χ0n) is 17.8. The number of piperidine rings is 1. The number of anilines is 2. The van der Waals surface area contributed by atoms with Gasteiger partial charge in [-0.1, -0.05) is 35.3 Å². The minimum absolute atomic E-state index is 0.0120. The molecule has 0 bridgehead atoms. The lowest BCUT2D eigenvalue weighted by Gasteiger charge is -2.42. The second kappa shape index (κ2) is 8.13. The number of benzene rings is 1. The lowest BCUT2D eigenvalue weighted by molar-refractivity contribution is 0.0996. The number of pyridine rings is 1. The first-order valence-corrected chi connectivity index (χ1v) is 11.4. The summed E-state index contributed by atoms with van der Waals surface area (Å²) in [6.07, 6.45) is 6.34. The molecule has 3 aromatic rings. The SMILES string of the molecule is NC(=O)c1nc(N2CCC3(CC2)Cc2cnccc2[C@H]3N)nc(N)c1-c1cccc(Cl)c1Cl. The molecule has 1 atom stereocenters. The van der Waals surface area contributed by atoms with E-state index in [9.17, 15) is 4.79 Å². The minimum Gasteiger partial charge on any atom is -0.383 e. The Morgan fingerprint density at radius 2 is 1.91 bits per heavy atom. The standard InChI is InChI=1S/C23H23Cl2N7O/c24-15-3-1-2-14(17(15)25)16-18(21(28)33)30-22(31-20(16)27)32-8-5-23(6-9-32)10-12-11-29-7-4-13(12)19(23)26/h1-4,7,11,19H,5-6,8-10,26H2,(H2,28,33)(H2,27,30,31)/t19-/m1/s1. The Morgan fingerprint density at radius 3 is 2.61 bits per heavy atom. The van der Waals surface area contributed by atoms with Gasteiger partial charge in [-0.2, -0.15) is 4.98 Å². The van der Waals surface area contributed by atoms with Gasteiger partial charge in [-0.15, -0.1) is 0 Å². The molecule has 6 N–H and O–H groups in total. The van der Waals surface area contributed by atoms with Gasteiger partial charge in [-0.3, -0.25) is 9.78 Å². The largest absolute Gasteiger partial charge is 0.383 e. The van der Waals surface area contributed by atoms with Crippen LogP contribution in [-0.2, 0) is 6.42 Å². The summed E-state index contributed by atoms with van der Waals surface area (Å²) in [4.78, 5) is 27.6. The van der Waals surface area contributed by atoms with Gasteiger partial charge in [0.15, 0.2) is 0 Å². The fourth-order valence-corrected chi connectivity index (χ4v) is 5.49. The van der Waals surface area contributed by atoms with Gasteiger partial charge in [0.25, 0.3) is 5.91 Å². The van der Waals surface area contributed by atoms with Crippen LogP contribution in [0.2, 0.25) is 10.0 Å². The molecule has 10 heteroatoms. The fraction of sp³-hybridized carbons (Fsp3) is 0.304. The third-order valence-corrected chi connectivity index (χ3v) is 7.72. The van der Waals surface area contributed by atoms with Gasteiger partial charge >= 0.3 is 0 Å². The van der Waals surface area contributed by atoms with Crippen molar-refractivity contribution in [3.8, 4) is 11.1 Å². The molecule has 0 unspecified atom stereocenters. The first-order chi connectivity index (χ1) is 15.8. The number of rotatable bonds is 3. The van der Waals surface area contributed by atoms with Gasteiger partial charge < -0.3 is 22.1 Å². The zero-order chi connectivity index (χ0) is 23.3. The molecular weight excluding hydrogens is 461 g/mol. The van der Waals surface area contributed by atoms with Gasteiger partial charge in [0.2, 0.25) is 5.95 Å². The summed E-state index contributed by atoms with van der Waals surface area (Å²) in [5, 5.41) is 0.590. The van der Waals surface area contributed by atoms with E-state index in [4.69, 9.17) is 40.4 Å². The third-order valence-electron chi connectivity index (χ3n) is 6.90. The molecule has 33 heavy (non-hydrogen) atoms. The summed E-state index contributed by atoms with van der Waals surface area (Å²) >= 11 is 12.5. The highest BCUT2D eigenvalue weighted by molar-refractivity contribution is 6.44. The second-order valence-corrected chi connectivity index (χ2v) is 9.46. The van der Waals surface area contributed by atoms with E-state index in [1.807, 2.05) is 17.2 Å². The Labute approximate surface area is 201 Å². The van der Waals surface area contributed by atoms with Crippen molar-refractivity contribution in [2.24, 2.45) is 16.9 Å². The van der Waals surface area contributed by atoms with E-state index in [2.05, 4.69) is 15.0 Å². The second-order valence-electron chi connectivity index (χ2n) is 8.68. The van der Waals surface area contributed by atoms with E-state index in [0.29, 0.717) is 29.6 Å². The van der Waals surface area contributed by atoms with Crippen molar-refractivity contribution in [2.75, 3.05) is 23.7 Å². The van der Waals surface area contributed by atoms with Crippen molar-refractivity contribution in [1.29, 1.82) is 0 Å². The molecule has 1 spiro atoms. The highest BCUT2D eigenvalue weighted by Crippen LogP contribution is 2.50. The van der Waals surface area contributed by atoms with Gasteiger partial charge in [0.1, 0.15) is 11.5 Å². The highest BCUT2D eigenvalue weighted by Gasteiger charge is 2.46. The summed E-state index contributed by atoms with van der Waals surface area (Å²) in [5.41, 5.74) is 21.8. The van der Waals surface area contributed by atoms with Crippen LogP contribution in [0.1, 0.15) is 40.5 Å². The minimum atomic E-state index is -0.717. The average molecular weight is 484 g/mol. The average Bonchev–Trinajstić information content (AvgIpc) is 3.07. The molecule has 3 heterocycles. The summed E-state index contributed by atoms with van der Waals surface area (Å²) in [7, 11) is 0. The summed E-state index contributed by atoms with van der Waals surface area (Å²) in [5.74, 6) is -0.233. The monoisotopic (exact) mass is 483 g/mol. The van der Waals surface area contributed by atoms with Gasteiger partial charge in [-0.05, 0) is 47.9 Å². The number of halogens is 2. The van der Waals surface area contributed by atoms with Gasteiger partial charge in [0.05, 0.1) is 15.6 Å². The lowest BCUT2D eigenvalue weighted by atomic mass is 9.73. The topological polar surface area (TPSA) is 137 Å². The van der Waals surface area contributed by atoms with Crippen LogP contribution in [0.3, 0.4) is 0 Å². The number of carbonyl (C=O) groups is 1. The van der Waals surface area contributed by atoms with Gasteiger partial charge in [0, 0.05) is 37.1 Å². The Bertz CT molecular complexity index is 1260. The van der Waals surface area contributed by atoms with Crippen LogP contribution in [0.4, 0.5) is 11.8 Å². The van der Waals surface area contributed by atoms with E-state index < -0.39 is 5.91 Å². The van der Waals surface area contributed by atoms with Crippen molar-refractivity contribution in [2.45, 2.75) is 25.3 Å². The highest BCUT2D eigenvalue weighted by atomic mass is 35.5. The van der Waals surface area contributed by atoms with Crippen molar-refractivity contribution in [3.05, 3.63) is 63.5 Å². The molecule has 1 fully saturated rings. The van der Waals surface area contributed by atoms with Gasteiger partial charge in [-0.25, -0.2) is 4.98 Å². The van der Waals surface area contributed by atoms with E-state index in [-0.39, 0.29) is 33.6 Å². The predicted molar refractivity (Wildman–Crippen MR) is 129 cm³/mol. The maximum Gasteiger partial charge on any atom is 0.268 e. The molecule has 8 nitrogen and oxygen atoms in total. The van der Waals surface area contributed by atoms with E-state index >= 15 is 0 Å². The molecule has 5 rings (SSSR count). The molecule has 1 aliphatic heterocycles. The van der Waals surface area contributed by atoms with Crippen molar-refractivity contribution >= 4 is 40.9 Å². The van der Waals surface area contributed by atoms with Crippen LogP contribution >= 0.6 is 23.2 Å². The first kappa shape index (κ1) is 21.9. The number of fused-ring (bicyclic) bond motifs is 1. The summed E-state index contributed by atoms with van der Waals surface area (Å²) < 4.78 is 0. The zero-order valence-corrected chi connectivity index (χ0v) is 19.3. The van der Waals surface area contributed by atoms with Crippen molar-refractivity contribution in [3.63, 3.8) is 0 Å². The number of amides is 1. The molecular formula is C23H23Cl2N7O.